The average molecular weight is 446 g/mol. The number of esters is 2. The number of nitrogens with zero attached hydrogens (tertiary/aromatic N) is 2. The van der Waals surface area contributed by atoms with E-state index in [-0.39, 0.29) is 24.6 Å². The number of ether oxygens (including phenoxy) is 2. The molecule has 0 fully saturated rings. The molecule has 2 atom stereocenters. The number of benzene rings is 2. The SMILES string of the molecule is CCOC(=O)C1=C(C)N(c2cccc(C)c2)C(=N)C(C(=O)OCC)C1c1ccc(C#N)cc1. The lowest BCUT2D eigenvalue weighted by molar-refractivity contribution is -0.146. The van der Waals surface area contributed by atoms with Gasteiger partial charge >= 0.3 is 11.9 Å². The predicted molar refractivity (Wildman–Crippen MR) is 125 cm³/mol. The third-order valence-corrected chi connectivity index (χ3v) is 5.60. The molecular formula is C26H27N3O4. The van der Waals surface area contributed by atoms with Crippen LogP contribution in [0.25, 0.3) is 0 Å². The molecule has 0 aliphatic carbocycles. The molecule has 3 rings (SSSR count). The maximum atomic E-state index is 13.2. The van der Waals surface area contributed by atoms with E-state index < -0.39 is 23.8 Å². The smallest absolute Gasteiger partial charge is 0.336 e. The van der Waals surface area contributed by atoms with Crippen LogP contribution >= 0.6 is 0 Å². The summed E-state index contributed by atoms with van der Waals surface area (Å²) < 4.78 is 10.7. The summed E-state index contributed by atoms with van der Waals surface area (Å²) in [7, 11) is 0. The quantitative estimate of drug-likeness (QED) is 0.658. The standard InChI is InChI=1S/C26H27N3O4/c1-5-32-25(30)21-17(4)29(20-9-7-8-16(3)14-20)24(28)23(26(31)33-6-2)22(21)19-12-10-18(15-27)11-13-19/h7-14,22-23,28H,5-6H2,1-4H3. The number of hydrogen-bond acceptors (Lipinski definition) is 6. The maximum Gasteiger partial charge on any atom is 0.336 e. The molecule has 1 aliphatic heterocycles. The Morgan fingerprint density at radius 1 is 1.06 bits per heavy atom. The van der Waals surface area contributed by atoms with E-state index in [2.05, 4.69) is 6.07 Å². The van der Waals surface area contributed by atoms with Gasteiger partial charge in [0.15, 0.2) is 0 Å². The van der Waals surface area contributed by atoms with Gasteiger partial charge in [0.25, 0.3) is 0 Å². The van der Waals surface area contributed by atoms with Gasteiger partial charge in [-0.05, 0) is 63.1 Å². The number of nitriles is 1. The Hall–Kier alpha value is -3.92. The molecule has 0 saturated heterocycles. The van der Waals surface area contributed by atoms with Crippen molar-refractivity contribution in [3.05, 3.63) is 76.5 Å². The van der Waals surface area contributed by atoms with Crippen LogP contribution in [0.5, 0.6) is 0 Å². The molecular weight excluding hydrogens is 418 g/mol. The molecule has 7 heteroatoms. The molecule has 1 heterocycles. The largest absolute Gasteiger partial charge is 0.465 e. The van der Waals surface area contributed by atoms with E-state index in [1.165, 1.54) is 0 Å². The molecule has 0 spiro atoms. The molecule has 2 aromatic rings. The van der Waals surface area contributed by atoms with Gasteiger partial charge in [-0.1, -0.05) is 24.3 Å². The van der Waals surface area contributed by atoms with Crippen LogP contribution in [0.4, 0.5) is 5.69 Å². The number of hydrogen-bond donors (Lipinski definition) is 1. The van der Waals surface area contributed by atoms with Gasteiger partial charge in [-0.25, -0.2) is 4.79 Å². The molecule has 0 bridgehead atoms. The van der Waals surface area contributed by atoms with Crippen molar-refractivity contribution in [2.24, 2.45) is 5.92 Å². The summed E-state index contributed by atoms with van der Waals surface area (Å²) in [5, 5.41) is 18.2. The first-order valence-electron chi connectivity index (χ1n) is 10.8. The van der Waals surface area contributed by atoms with Crippen LogP contribution in [0, 0.1) is 29.6 Å². The van der Waals surface area contributed by atoms with Crippen LogP contribution in [-0.2, 0) is 19.1 Å². The molecule has 33 heavy (non-hydrogen) atoms. The second kappa shape index (κ2) is 10.1. The van der Waals surface area contributed by atoms with Crippen molar-refractivity contribution in [1.82, 2.24) is 0 Å². The van der Waals surface area contributed by atoms with Crippen LogP contribution < -0.4 is 4.90 Å². The number of carbonyl (C=O) groups is 2. The molecule has 0 amide bonds. The molecule has 170 valence electrons. The minimum absolute atomic E-state index is 0.0129. The minimum Gasteiger partial charge on any atom is -0.465 e. The van der Waals surface area contributed by atoms with Crippen molar-refractivity contribution in [1.29, 1.82) is 10.7 Å². The third-order valence-electron chi connectivity index (χ3n) is 5.60. The summed E-state index contributed by atoms with van der Waals surface area (Å²) in [6.45, 7) is 7.42. The molecule has 2 aromatic carbocycles. The van der Waals surface area contributed by atoms with Crippen molar-refractivity contribution in [2.45, 2.75) is 33.6 Å². The van der Waals surface area contributed by atoms with Crippen molar-refractivity contribution in [2.75, 3.05) is 18.1 Å². The molecule has 1 N–H and O–H groups in total. The first-order valence-corrected chi connectivity index (χ1v) is 10.8. The summed E-state index contributed by atoms with van der Waals surface area (Å²) >= 11 is 0. The summed E-state index contributed by atoms with van der Waals surface area (Å²) in [6, 6.07) is 16.3. The van der Waals surface area contributed by atoms with E-state index in [0.29, 0.717) is 22.5 Å². The Kier molecular flexibility index (Phi) is 7.29. The fraction of sp³-hybridized carbons (Fsp3) is 0.308. The van der Waals surface area contributed by atoms with Gasteiger partial charge in [-0.3, -0.25) is 10.2 Å². The van der Waals surface area contributed by atoms with E-state index in [4.69, 9.17) is 14.9 Å². The number of amidine groups is 1. The van der Waals surface area contributed by atoms with Crippen molar-refractivity contribution in [3.63, 3.8) is 0 Å². The van der Waals surface area contributed by atoms with Crippen molar-refractivity contribution < 1.29 is 19.1 Å². The van der Waals surface area contributed by atoms with Crippen LogP contribution in [-0.4, -0.2) is 31.0 Å². The highest BCUT2D eigenvalue weighted by atomic mass is 16.5. The van der Waals surface area contributed by atoms with Crippen LogP contribution in [0.2, 0.25) is 0 Å². The number of rotatable bonds is 6. The number of allylic oxidation sites excluding steroid dienone is 1. The summed E-state index contributed by atoms with van der Waals surface area (Å²) in [5.74, 6) is -2.99. The molecule has 0 radical (unpaired) electrons. The lowest BCUT2D eigenvalue weighted by Crippen LogP contribution is -2.48. The Bertz CT molecular complexity index is 1140. The monoisotopic (exact) mass is 445 g/mol. The Morgan fingerprint density at radius 3 is 2.30 bits per heavy atom. The van der Waals surface area contributed by atoms with Gasteiger partial charge in [-0.15, -0.1) is 0 Å². The maximum absolute atomic E-state index is 13.2. The minimum atomic E-state index is -1.07. The molecule has 0 saturated carbocycles. The Labute approximate surface area is 193 Å². The first-order chi connectivity index (χ1) is 15.8. The van der Waals surface area contributed by atoms with Crippen molar-refractivity contribution in [3.8, 4) is 6.07 Å². The van der Waals surface area contributed by atoms with Crippen molar-refractivity contribution >= 4 is 23.5 Å². The van der Waals surface area contributed by atoms with Gasteiger partial charge in [-0.2, -0.15) is 5.26 Å². The summed E-state index contributed by atoms with van der Waals surface area (Å²) in [6.07, 6.45) is 0. The van der Waals surface area contributed by atoms with Crippen LogP contribution in [0.1, 0.15) is 43.4 Å². The lowest BCUT2D eigenvalue weighted by Gasteiger charge is -2.40. The Balaban J connectivity index is 2.29. The van der Waals surface area contributed by atoms with E-state index in [0.717, 1.165) is 5.56 Å². The van der Waals surface area contributed by atoms with Gasteiger partial charge in [0, 0.05) is 17.3 Å². The highest BCUT2D eigenvalue weighted by Gasteiger charge is 2.47. The number of nitrogens with one attached hydrogen (secondary N) is 1. The fourth-order valence-electron chi connectivity index (χ4n) is 4.18. The topological polar surface area (TPSA) is 103 Å². The molecule has 2 unspecified atom stereocenters. The molecule has 0 aromatic heterocycles. The molecule has 1 aliphatic rings. The van der Waals surface area contributed by atoms with Gasteiger partial charge in [0.1, 0.15) is 11.8 Å². The summed E-state index contributed by atoms with van der Waals surface area (Å²) in [5.41, 5.74) is 3.54. The number of anilines is 1. The van der Waals surface area contributed by atoms with Gasteiger partial charge in [0.2, 0.25) is 0 Å². The van der Waals surface area contributed by atoms with E-state index in [1.807, 2.05) is 31.2 Å². The zero-order valence-electron chi connectivity index (χ0n) is 19.2. The van der Waals surface area contributed by atoms with Gasteiger partial charge in [0.05, 0.1) is 30.4 Å². The summed E-state index contributed by atoms with van der Waals surface area (Å²) in [4.78, 5) is 28.0. The highest BCUT2D eigenvalue weighted by molar-refractivity contribution is 6.14. The lowest BCUT2D eigenvalue weighted by atomic mass is 9.75. The second-order valence-electron chi connectivity index (χ2n) is 7.72. The first kappa shape index (κ1) is 23.7. The Morgan fingerprint density at radius 2 is 1.73 bits per heavy atom. The normalized spacial score (nSPS) is 18.0. The highest BCUT2D eigenvalue weighted by Crippen LogP contribution is 2.43. The predicted octanol–water partition coefficient (Wildman–Crippen LogP) is 4.46. The van der Waals surface area contributed by atoms with Crippen LogP contribution in [0.3, 0.4) is 0 Å². The number of aryl methyl sites for hydroxylation is 1. The average Bonchev–Trinajstić information content (AvgIpc) is 2.79. The fourth-order valence-corrected chi connectivity index (χ4v) is 4.18. The van der Waals surface area contributed by atoms with E-state index >= 15 is 0 Å². The zero-order valence-corrected chi connectivity index (χ0v) is 19.2. The van der Waals surface area contributed by atoms with E-state index in [9.17, 15) is 14.9 Å². The van der Waals surface area contributed by atoms with Gasteiger partial charge < -0.3 is 14.4 Å². The molecule has 7 nitrogen and oxygen atoms in total. The van der Waals surface area contributed by atoms with E-state index in [1.54, 1.807) is 49.9 Å². The van der Waals surface area contributed by atoms with Crippen LogP contribution in [0.15, 0.2) is 59.8 Å². The number of carbonyl (C=O) groups excluding carboxylic acids is 2. The second-order valence-corrected chi connectivity index (χ2v) is 7.72. The third kappa shape index (κ3) is 4.65. The zero-order chi connectivity index (χ0) is 24.1.